The fourth-order valence-electron chi connectivity index (χ4n) is 0.177. The van der Waals surface area contributed by atoms with E-state index in [4.69, 9.17) is 4.79 Å². The predicted molar refractivity (Wildman–Crippen MR) is 37.1 cm³/mol. The summed E-state index contributed by atoms with van der Waals surface area (Å²) in [6.45, 7) is 2.46. The van der Waals surface area contributed by atoms with E-state index in [0.29, 0.717) is 13.1 Å². The summed E-state index contributed by atoms with van der Waals surface area (Å²) in [6.07, 6.45) is -0.623. The average Bonchev–Trinajstić information content (AvgIpc) is 2.05. The van der Waals surface area contributed by atoms with Crippen LogP contribution in [0.1, 0.15) is 6.92 Å². The van der Waals surface area contributed by atoms with E-state index in [-0.39, 0.29) is 0 Å². The second kappa shape index (κ2) is 11.5. The summed E-state index contributed by atoms with van der Waals surface area (Å²) in [4.78, 5) is 18.9. The molecule has 0 unspecified atom stereocenters. The number of rotatable bonds is 2. The molecule has 0 radical (unpaired) electrons. The summed E-state index contributed by atoms with van der Waals surface area (Å²) in [5.41, 5.74) is 0. The zero-order valence-electron chi connectivity index (χ0n) is 6.83. The van der Waals surface area contributed by atoms with Gasteiger partial charge >= 0.3 is 6.16 Å². The lowest BCUT2D eigenvalue weighted by Crippen LogP contribution is -2.02. The molecule has 0 N–H and O–H groups in total. The van der Waals surface area contributed by atoms with Crippen LogP contribution in [0.15, 0.2) is 0 Å². The molecule has 0 aliphatic rings. The van der Waals surface area contributed by atoms with Crippen molar-refractivity contribution >= 4 is 12.6 Å². The normalized spacial score (nSPS) is 6.82. The van der Waals surface area contributed by atoms with E-state index in [1.165, 1.54) is 14.2 Å². The lowest BCUT2D eigenvalue weighted by molar-refractivity contribution is -0.126. The minimum absolute atomic E-state index is 0.368. The van der Waals surface area contributed by atoms with Crippen LogP contribution in [0.2, 0.25) is 0 Å². The first-order valence-corrected chi connectivity index (χ1v) is 2.90. The van der Waals surface area contributed by atoms with Gasteiger partial charge in [-0.3, -0.25) is 4.79 Å². The zero-order valence-corrected chi connectivity index (χ0v) is 6.83. The van der Waals surface area contributed by atoms with E-state index in [2.05, 4.69) is 14.2 Å². The van der Waals surface area contributed by atoms with Crippen LogP contribution in [0.4, 0.5) is 4.79 Å². The summed E-state index contributed by atoms with van der Waals surface area (Å²) >= 11 is 0. The summed E-state index contributed by atoms with van der Waals surface area (Å²) < 4.78 is 12.3. The molecule has 0 spiro atoms. The fraction of sp³-hybridized carbons (Fsp3) is 0.667. The van der Waals surface area contributed by atoms with E-state index in [9.17, 15) is 4.79 Å². The Morgan fingerprint density at radius 3 is 2.00 bits per heavy atom. The Hall–Kier alpha value is -1.26. The number of methoxy groups -OCH3 is 2. The van der Waals surface area contributed by atoms with Gasteiger partial charge in [0.25, 0.3) is 6.47 Å². The molecule has 0 rings (SSSR count). The Morgan fingerprint density at radius 2 is 1.91 bits per heavy atom. The van der Waals surface area contributed by atoms with Gasteiger partial charge in [0.1, 0.15) is 0 Å². The Morgan fingerprint density at radius 1 is 1.45 bits per heavy atom. The van der Waals surface area contributed by atoms with Gasteiger partial charge in [0.05, 0.1) is 20.8 Å². The van der Waals surface area contributed by atoms with Crippen molar-refractivity contribution in [2.75, 3.05) is 20.8 Å². The molecule has 0 fully saturated rings. The van der Waals surface area contributed by atoms with Crippen LogP contribution in [0.3, 0.4) is 0 Å². The van der Waals surface area contributed by atoms with E-state index >= 15 is 0 Å². The molecule has 0 aromatic heterocycles. The largest absolute Gasteiger partial charge is 0.507 e. The van der Waals surface area contributed by atoms with Crippen LogP contribution in [0.5, 0.6) is 0 Å². The minimum atomic E-state index is -0.623. The third-order valence-corrected chi connectivity index (χ3v) is 0.525. The molecule has 0 saturated heterocycles. The standard InChI is InChI=1S/C4H8O3.C2H4O2/c1-3-7-4(5)6-2;1-4-2-3/h3H2,1-2H3;2H,1H3. The summed E-state index contributed by atoms with van der Waals surface area (Å²) in [5.74, 6) is 0. The van der Waals surface area contributed by atoms with Crippen LogP contribution in [-0.4, -0.2) is 33.5 Å². The highest BCUT2D eigenvalue weighted by Gasteiger charge is 1.92. The summed E-state index contributed by atoms with van der Waals surface area (Å²) in [6, 6.07) is 0. The third-order valence-electron chi connectivity index (χ3n) is 0.525. The van der Waals surface area contributed by atoms with Crippen LogP contribution in [0, 0.1) is 0 Å². The topological polar surface area (TPSA) is 61.8 Å². The highest BCUT2D eigenvalue weighted by molar-refractivity contribution is 5.59. The first kappa shape index (κ1) is 12.4. The number of hydrogen-bond acceptors (Lipinski definition) is 5. The van der Waals surface area contributed by atoms with Gasteiger partial charge < -0.3 is 14.2 Å². The van der Waals surface area contributed by atoms with Gasteiger partial charge in [-0.1, -0.05) is 0 Å². The average molecular weight is 164 g/mol. The highest BCUT2D eigenvalue weighted by atomic mass is 16.7. The number of hydrogen-bond donors (Lipinski definition) is 0. The molecule has 0 bridgehead atoms. The molecule has 5 nitrogen and oxygen atoms in total. The van der Waals surface area contributed by atoms with Crippen molar-refractivity contribution in [1.82, 2.24) is 0 Å². The SMILES string of the molecule is CCOC(=O)OC.COC=O. The van der Waals surface area contributed by atoms with E-state index in [0.717, 1.165) is 0 Å². The van der Waals surface area contributed by atoms with Gasteiger partial charge in [-0.25, -0.2) is 4.79 Å². The molecule has 0 aliphatic carbocycles. The maximum atomic E-state index is 9.97. The summed E-state index contributed by atoms with van der Waals surface area (Å²) in [5, 5.41) is 0. The van der Waals surface area contributed by atoms with Gasteiger partial charge in [-0.2, -0.15) is 0 Å². The van der Waals surface area contributed by atoms with Crippen molar-refractivity contribution in [3.8, 4) is 0 Å². The molecule has 5 heteroatoms. The first-order chi connectivity index (χ1) is 5.22. The summed E-state index contributed by atoms with van der Waals surface area (Å²) in [7, 11) is 2.59. The van der Waals surface area contributed by atoms with Crippen LogP contribution in [0.25, 0.3) is 0 Å². The number of carbonyl (C=O) groups is 2. The van der Waals surface area contributed by atoms with E-state index in [1.54, 1.807) is 6.92 Å². The minimum Gasteiger partial charge on any atom is -0.471 e. The maximum absolute atomic E-state index is 9.97. The molecule has 66 valence electrons. The van der Waals surface area contributed by atoms with Crippen molar-refractivity contribution in [3.05, 3.63) is 0 Å². The van der Waals surface area contributed by atoms with Crippen molar-refractivity contribution in [1.29, 1.82) is 0 Å². The van der Waals surface area contributed by atoms with Crippen molar-refractivity contribution in [2.45, 2.75) is 6.92 Å². The third kappa shape index (κ3) is 17.7. The van der Waals surface area contributed by atoms with E-state index < -0.39 is 6.16 Å². The Kier molecular flexibility index (Phi) is 13.0. The number of ether oxygens (including phenoxy) is 3. The van der Waals surface area contributed by atoms with Gasteiger partial charge in [0.2, 0.25) is 0 Å². The monoisotopic (exact) mass is 164 g/mol. The lowest BCUT2D eigenvalue weighted by Gasteiger charge is -1.94. The molecule has 11 heavy (non-hydrogen) atoms. The Labute approximate surface area is 65.2 Å². The van der Waals surface area contributed by atoms with Gasteiger partial charge in [-0.15, -0.1) is 0 Å². The van der Waals surface area contributed by atoms with Crippen molar-refractivity contribution in [2.24, 2.45) is 0 Å². The smallest absolute Gasteiger partial charge is 0.471 e. The highest BCUT2D eigenvalue weighted by Crippen LogP contribution is 1.77. The first-order valence-electron chi connectivity index (χ1n) is 2.90. The zero-order chi connectivity index (χ0) is 9.11. The van der Waals surface area contributed by atoms with Crippen LogP contribution >= 0.6 is 0 Å². The fourth-order valence-corrected chi connectivity index (χ4v) is 0.177. The molecule has 0 aromatic carbocycles. The Bertz CT molecular complexity index is 101. The second-order valence-electron chi connectivity index (χ2n) is 1.22. The molecule has 0 saturated carbocycles. The molecule has 0 heterocycles. The van der Waals surface area contributed by atoms with E-state index in [1.807, 2.05) is 0 Å². The molecule has 0 atom stereocenters. The molecular formula is C6H12O5. The molecule has 0 aliphatic heterocycles. The van der Waals surface area contributed by atoms with Crippen LogP contribution in [-0.2, 0) is 19.0 Å². The van der Waals surface area contributed by atoms with Crippen molar-refractivity contribution in [3.63, 3.8) is 0 Å². The Balaban J connectivity index is 0. The number of carbonyl (C=O) groups excluding carboxylic acids is 2. The molecular weight excluding hydrogens is 152 g/mol. The lowest BCUT2D eigenvalue weighted by atomic mass is 10.9. The second-order valence-corrected chi connectivity index (χ2v) is 1.22. The van der Waals surface area contributed by atoms with Crippen molar-refractivity contribution < 1.29 is 23.8 Å². The maximum Gasteiger partial charge on any atom is 0.507 e. The molecule has 0 amide bonds. The molecule has 0 aromatic rings. The van der Waals surface area contributed by atoms with Gasteiger partial charge in [-0.05, 0) is 6.92 Å². The predicted octanol–water partition coefficient (Wildman–Crippen LogP) is 0.579. The quantitative estimate of drug-likeness (QED) is 0.441. The van der Waals surface area contributed by atoms with Gasteiger partial charge in [0.15, 0.2) is 0 Å². The van der Waals surface area contributed by atoms with Crippen LogP contribution < -0.4 is 0 Å². The van der Waals surface area contributed by atoms with Gasteiger partial charge in [0, 0.05) is 0 Å².